The predicted octanol–water partition coefficient (Wildman–Crippen LogP) is 3.82. The molecule has 5 heteroatoms. The SMILES string of the molecule is CCCCNC(=O)c1ccc2c(n1)CCN(Cc1ccccc1Cl)C2. The van der Waals surface area contributed by atoms with Gasteiger partial charge in [0.25, 0.3) is 5.91 Å². The minimum absolute atomic E-state index is 0.0743. The molecule has 0 fully saturated rings. The fourth-order valence-corrected chi connectivity index (χ4v) is 3.27. The van der Waals surface area contributed by atoms with Crippen molar-refractivity contribution in [3.8, 4) is 0 Å². The molecule has 132 valence electrons. The van der Waals surface area contributed by atoms with Gasteiger partial charge in [-0.3, -0.25) is 9.69 Å². The van der Waals surface area contributed by atoms with Crippen molar-refractivity contribution in [2.24, 2.45) is 0 Å². The number of unbranched alkanes of at least 4 members (excludes halogenated alkanes) is 1. The number of amides is 1. The Labute approximate surface area is 154 Å². The van der Waals surface area contributed by atoms with Gasteiger partial charge in [-0.2, -0.15) is 0 Å². The largest absolute Gasteiger partial charge is 0.351 e. The summed E-state index contributed by atoms with van der Waals surface area (Å²) in [5, 5.41) is 3.74. The van der Waals surface area contributed by atoms with Gasteiger partial charge in [-0.05, 0) is 29.7 Å². The number of halogens is 1. The Bertz CT molecular complexity index is 747. The van der Waals surface area contributed by atoms with E-state index in [-0.39, 0.29) is 5.91 Å². The normalized spacial score (nSPS) is 14.2. The molecule has 25 heavy (non-hydrogen) atoms. The minimum Gasteiger partial charge on any atom is -0.351 e. The Morgan fingerprint density at radius 3 is 2.92 bits per heavy atom. The highest BCUT2D eigenvalue weighted by atomic mass is 35.5. The van der Waals surface area contributed by atoms with E-state index in [1.54, 1.807) is 0 Å². The van der Waals surface area contributed by atoms with Crippen LogP contribution in [0.25, 0.3) is 0 Å². The summed E-state index contributed by atoms with van der Waals surface area (Å²) in [6.45, 7) is 5.41. The van der Waals surface area contributed by atoms with Gasteiger partial charge in [-0.1, -0.05) is 49.2 Å². The average Bonchev–Trinajstić information content (AvgIpc) is 2.63. The molecule has 2 aromatic rings. The maximum Gasteiger partial charge on any atom is 0.269 e. The fraction of sp³-hybridized carbons (Fsp3) is 0.400. The summed E-state index contributed by atoms with van der Waals surface area (Å²) in [7, 11) is 0. The molecule has 0 spiro atoms. The highest BCUT2D eigenvalue weighted by Crippen LogP contribution is 2.22. The first-order valence-electron chi connectivity index (χ1n) is 8.90. The van der Waals surface area contributed by atoms with Crippen LogP contribution in [0.3, 0.4) is 0 Å². The number of nitrogens with one attached hydrogen (secondary N) is 1. The van der Waals surface area contributed by atoms with Crippen molar-refractivity contribution in [1.82, 2.24) is 15.2 Å². The van der Waals surface area contributed by atoms with E-state index >= 15 is 0 Å². The van der Waals surface area contributed by atoms with Gasteiger partial charge in [0, 0.05) is 43.3 Å². The third-order valence-electron chi connectivity index (χ3n) is 4.53. The molecule has 0 atom stereocenters. The predicted molar refractivity (Wildman–Crippen MR) is 101 cm³/mol. The van der Waals surface area contributed by atoms with E-state index in [1.807, 2.05) is 30.3 Å². The summed E-state index contributed by atoms with van der Waals surface area (Å²) in [5.74, 6) is -0.0743. The van der Waals surface area contributed by atoms with Crippen molar-refractivity contribution in [2.75, 3.05) is 13.1 Å². The van der Waals surface area contributed by atoms with Gasteiger partial charge in [0.05, 0.1) is 0 Å². The van der Waals surface area contributed by atoms with Crippen LogP contribution in [-0.4, -0.2) is 28.9 Å². The number of rotatable bonds is 6. The van der Waals surface area contributed by atoms with Crippen molar-refractivity contribution in [2.45, 2.75) is 39.3 Å². The first kappa shape index (κ1) is 17.9. The first-order valence-corrected chi connectivity index (χ1v) is 9.28. The van der Waals surface area contributed by atoms with Gasteiger partial charge in [0.1, 0.15) is 5.69 Å². The molecule has 1 aromatic carbocycles. The van der Waals surface area contributed by atoms with Gasteiger partial charge in [0.2, 0.25) is 0 Å². The first-order chi connectivity index (χ1) is 12.2. The number of nitrogens with zero attached hydrogens (tertiary/aromatic N) is 2. The van der Waals surface area contributed by atoms with Crippen LogP contribution in [0.4, 0.5) is 0 Å². The average molecular weight is 358 g/mol. The van der Waals surface area contributed by atoms with Crippen LogP contribution in [0.15, 0.2) is 36.4 Å². The summed E-state index contributed by atoms with van der Waals surface area (Å²) < 4.78 is 0. The summed E-state index contributed by atoms with van der Waals surface area (Å²) in [6.07, 6.45) is 2.92. The van der Waals surface area contributed by atoms with Crippen LogP contribution < -0.4 is 5.32 Å². The molecule has 1 N–H and O–H groups in total. The van der Waals surface area contributed by atoms with Gasteiger partial charge >= 0.3 is 0 Å². The van der Waals surface area contributed by atoms with Crippen LogP contribution in [0.1, 0.15) is 47.1 Å². The second-order valence-electron chi connectivity index (χ2n) is 6.46. The minimum atomic E-state index is -0.0743. The topological polar surface area (TPSA) is 45.2 Å². The number of aromatic nitrogens is 1. The molecule has 0 radical (unpaired) electrons. The van der Waals surface area contributed by atoms with E-state index in [0.29, 0.717) is 12.2 Å². The lowest BCUT2D eigenvalue weighted by atomic mass is 10.0. The van der Waals surface area contributed by atoms with E-state index in [2.05, 4.69) is 28.2 Å². The number of benzene rings is 1. The number of hydrogen-bond donors (Lipinski definition) is 1. The van der Waals surface area contributed by atoms with E-state index in [0.717, 1.165) is 55.2 Å². The summed E-state index contributed by atoms with van der Waals surface area (Å²) in [6, 6.07) is 11.8. The van der Waals surface area contributed by atoms with Crippen molar-refractivity contribution >= 4 is 17.5 Å². The molecular formula is C20H24ClN3O. The Hall–Kier alpha value is -1.91. The Kier molecular flexibility index (Phi) is 6.05. The molecule has 4 nitrogen and oxygen atoms in total. The van der Waals surface area contributed by atoms with E-state index in [1.165, 1.54) is 5.56 Å². The van der Waals surface area contributed by atoms with Crippen LogP contribution in [0, 0.1) is 0 Å². The second-order valence-corrected chi connectivity index (χ2v) is 6.87. The number of fused-ring (bicyclic) bond motifs is 1. The lowest BCUT2D eigenvalue weighted by molar-refractivity contribution is 0.0947. The van der Waals surface area contributed by atoms with Crippen LogP contribution in [0.5, 0.6) is 0 Å². The zero-order valence-corrected chi connectivity index (χ0v) is 15.4. The highest BCUT2D eigenvalue weighted by molar-refractivity contribution is 6.31. The molecule has 0 saturated heterocycles. The molecule has 1 aliphatic rings. The quantitative estimate of drug-likeness (QED) is 0.799. The molecule has 0 aliphatic carbocycles. The van der Waals surface area contributed by atoms with Gasteiger partial charge in [-0.25, -0.2) is 4.98 Å². The van der Waals surface area contributed by atoms with E-state index in [4.69, 9.17) is 11.6 Å². The molecule has 1 amide bonds. The van der Waals surface area contributed by atoms with Crippen molar-refractivity contribution in [3.63, 3.8) is 0 Å². The second kappa shape index (κ2) is 8.45. The third kappa shape index (κ3) is 4.59. The van der Waals surface area contributed by atoms with E-state index in [9.17, 15) is 4.79 Å². The zero-order chi connectivity index (χ0) is 17.6. The highest BCUT2D eigenvalue weighted by Gasteiger charge is 2.19. The maximum atomic E-state index is 12.1. The van der Waals surface area contributed by atoms with Crippen LogP contribution >= 0.6 is 11.6 Å². The maximum absolute atomic E-state index is 12.1. The number of carbonyl (C=O) groups excluding carboxylic acids is 1. The van der Waals surface area contributed by atoms with Gasteiger partial charge in [0.15, 0.2) is 0 Å². The number of carbonyl (C=O) groups is 1. The third-order valence-corrected chi connectivity index (χ3v) is 4.90. The Morgan fingerprint density at radius 1 is 1.28 bits per heavy atom. The molecule has 3 rings (SSSR count). The standard InChI is InChI=1S/C20H24ClN3O/c1-2-3-11-22-20(25)19-9-8-16-14-24(12-10-18(16)23-19)13-15-6-4-5-7-17(15)21/h4-9H,2-3,10-14H2,1H3,(H,22,25). The molecule has 0 bridgehead atoms. The molecule has 0 unspecified atom stereocenters. The molecule has 2 heterocycles. The van der Waals surface area contributed by atoms with Gasteiger partial charge < -0.3 is 5.32 Å². The fourth-order valence-electron chi connectivity index (χ4n) is 3.07. The summed E-state index contributed by atoms with van der Waals surface area (Å²) in [5.41, 5.74) is 3.91. The lowest BCUT2D eigenvalue weighted by Gasteiger charge is -2.28. The van der Waals surface area contributed by atoms with Crippen LogP contribution in [-0.2, 0) is 19.5 Å². The monoisotopic (exact) mass is 357 g/mol. The smallest absolute Gasteiger partial charge is 0.269 e. The van der Waals surface area contributed by atoms with Gasteiger partial charge in [-0.15, -0.1) is 0 Å². The molecule has 1 aliphatic heterocycles. The number of pyridine rings is 1. The number of hydrogen-bond acceptors (Lipinski definition) is 3. The van der Waals surface area contributed by atoms with Crippen molar-refractivity contribution in [1.29, 1.82) is 0 Å². The van der Waals surface area contributed by atoms with Crippen molar-refractivity contribution < 1.29 is 4.79 Å². The molecule has 1 aromatic heterocycles. The van der Waals surface area contributed by atoms with Crippen LogP contribution in [0.2, 0.25) is 5.02 Å². The Morgan fingerprint density at radius 2 is 2.12 bits per heavy atom. The lowest BCUT2D eigenvalue weighted by Crippen LogP contribution is -2.32. The summed E-state index contributed by atoms with van der Waals surface area (Å²) in [4.78, 5) is 19.1. The molecule has 0 saturated carbocycles. The van der Waals surface area contributed by atoms with Crippen molar-refractivity contribution in [3.05, 3.63) is 63.9 Å². The Balaban J connectivity index is 1.64. The molecular weight excluding hydrogens is 334 g/mol. The summed E-state index contributed by atoms with van der Waals surface area (Å²) >= 11 is 6.27. The van der Waals surface area contributed by atoms with E-state index < -0.39 is 0 Å². The zero-order valence-electron chi connectivity index (χ0n) is 14.6.